The smallest absolute Gasteiger partial charge is 0.257 e. The molecule has 1 saturated heterocycles. The number of benzene rings is 1. The molecule has 2 aromatic rings. The average molecular weight is 243 g/mol. The lowest BCUT2D eigenvalue weighted by Gasteiger charge is -2.06. The molecule has 4 heteroatoms. The van der Waals surface area contributed by atoms with E-state index in [2.05, 4.69) is 15.5 Å². The Balaban J connectivity index is 1.63. The topological polar surface area (TPSA) is 51.0 Å². The second-order valence-corrected chi connectivity index (χ2v) is 4.71. The monoisotopic (exact) mass is 243 g/mol. The zero-order valence-electron chi connectivity index (χ0n) is 10.3. The zero-order valence-corrected chi connectivity index (χ0v) is 10.3. The molecule has 4 nitrogen and oxygen atoms in total. The number of hydrogen-bond donors (Lipinski definition) is 1. The van der Waals surface area contributed by atoms with Crippen LogP contribution in [0.2, 0.25) is 0 Å². The van der Waals surface area contributed by atoms with Crippen molar-refractivity contribution in [3.63, 3.8) is 0 Å². The first-order chi connectivity index (χ1) is 8.92. The highest BCUT2D eigenvalue weighted by Crippen LogP contribution is 2.17. The first kappa shape index (κ1) is 11.4. The molecule has 1 aliphatic rings. The van der Waals surface area contributed by atoms with Gasteiger partial charge in [-0.1, -0.05) is 23.4 Å². The Kier molecular flexibility index (Phi) is 3.37. The standard InChI is InChI=1S/C14H17N3O/c1-2-5-11(6-3-1)14-16-13(17-18-14)9-8-12-7-4-10-15-12/h1-3,5-6,12,15H,4,7-10H2. The molecule has 3 rings (SSSR count). The minimum atomic E-state index is 0.616. The maximum absolute atomic E-state index is 5.28. The fourth-order valence-electron chi connectivity index (χ4n) is 2.36. The number of nitrogens with zero attached hydrogens (tertiary/aromatic N) is 2. The maximum Gasteiger partial charge on any atom is 0.257 e. The summed E-state index contributed by atoms with van der Waals surface area (Å²) in [6.07, 6.45) is 4.53. The molecule has 0 amide bonds. The van der Waals surface area contributed by atoms with Crippen LogP contribution in [0.5, 0.6) is 0 Å². The number of rotatable bonds is 4. The molecular weight excluding hydrogens is 226 g/mol. The van der Waals surface area contributed by atoms with Crippen molar-refractivity contribution in [2.45, 2.75) is 31.7 Å². The van der Waals surface area contributed by atoms with Gasteiger partial charge in [-0.15, -0.1) is 0 Å². The van der Waals surface area contributed by atoms with Crippen LogP contribution in [0.15, 0.2) is 34.9 Å². The van der Waals surface area contributed by atoms with E-state index in [1.807, 2.05) is 30.3 Å². The van der Waals surface area contributed by atoms with Crippen LogP contribution >= 0.6 is 0 Å². The second-order valence-electron chi connectivity index (χ2n) is 4.71. The summed E-state index contributed by atoms with van der Waals surface area (Å²) in [4.78, 5) is 4.44. The predicted molar refractivity (Wildman–Crippen MR) is 69.1 cm³/mol. The van der Waals surface area contributed by atoms with Crippen LogP contribution in [-0.2, 0) is 6.42 Å². The number of aromatic nitrogens is 2. The second kappa shape index (κ2) is 5.31. The molecule has 0 radical (unpaired) electrons. The van der Waals surface area contributed by atoms with Crippen molar-refractivity contribution in [3.8, 4) is 11.5 Å². The number of aryl methyl sites for hydroxylation is 1. The lowest BCUT2D eigenvalue weighted by Crippen LogP contribution is -2.21. The summed E-state index contributed by atoms with van der Waals surface area (Å²) in [5, 5.41) is 7.52. The molecule has 1 atom stereocenters. The third-order valence-electron chi connectivity index (χ3n) is 3.37. The Morgan fingerprint density at radius 3 is 2.94 bits per heavy atom. The molecule has 1 N–H and O–H groups in total. The highest BCUT2D eigenvalue weighted by atomic mass is 16.5. The van der Waals surface area contributed by atoms with Crippen LogP contribution in [0, 0.1) is 0 Å². The molecule has 1 aromatic heterocycles. The van der Waals surface area contributed by atoms with Gasteiger partial charge in [0.05, 0.1) is 0 Å². The molecular formula is C14H17N3O. The highest BCUT2D eigenvalue weighted by molar-refractivity contribution is 5.51. The van der Waals surface area contributed by atoms with Crippen molar-refractivity contribution in [1.82, 2.24) is 15.5 Å². The van der Waals surface area contributed by atoms with Crippen molar-refractivity contribution in [2.75, 3.05) is 6.54 Å². The Labute approximate surface area is 106 Å². The first-order valence-corrected chi connectivity index (χ1v) is 6.53. The van der Waals surface area contributed by atoms with Gasteiger partial charge in [0.15, 0.2) is 5.82 Å². The molecule has 1 unspecified atom stereocenters. The van der Waals surface area contributed by atoms with Crippen molar-refractivity contribution in [1.29, 1.82) is 0 Å². The summed E-state index contributed by atoms with van der Waals surface area (Å²) >= 11 is 0. The Morgan fingerprint density at radius 1 is 1.28 bits per heavy atom. The van der Waals surface area contributed by atoms with Gasteiger partial charge < -0.3 is 9.84 Å². The lowest BCUT2D eigenvalue weighted by molar-refractivity contribution is 0.419. The quantitative estimate of drug-likeness (QED) is 0.896. The molecule has 0 bridgehead atoms. The summed E-state index contributed by atoms with van der Waals surface area (Å²) in [6.45, 7) is 1.15. The molecule has 2 heterocycles. The van der Waals surface area contributed by atoms with Crippen molar-refractivity contribution >= 4 is 0 Å². The van der Waals surface area contributed by atoms with E-state index in [1.165, 1.54) is 12.8 Å². The van der Waals surface area contributed by atoms with Crippen LogP contribution < -0.4 is 5.32 Å². The minimum Gasteiger partial charge on any atom is -0.334 e. The lowest BCUT2D eigenvalue weighted by atomic mass is 10.1. The van der Waals surface area contributed by atoms with Crippen molar-refractivity contribution in [3.05, 3.63) is 36.2 Å². The van der Waals surface area contributed by atoms with Gasteiger partial charge >= 0.3 is 0 Å². The summed E-state index contributed by atoms with van der Waals surface area (Å²) in [5.41, 5.74) is 0.982. The third-order valence-corrected chi connectivity index (χ3v) is 3.37. The molecule has 18 heavy (non-hydrogen) atoms. The van der Waals surface area contributed by atoms with Gasteiger partial charge in [-0.25, -0.2) is 0 Å². The van der Waals surface area contributed by atoms with Crippen LogP contribution in [0.3, 0.4) is 0 Å². The van der Waals surface area contributed by atoms with Crippen LogP contribution in [-0.4, -0.2) is 22.7 Å². The van der Waals surface area contributed by atoms with Gasteiger partial charge in [-0.3, -0.25) is 0 Å². The summed E-state index contributed by atoms with van der Waals surface area (Å²) in [5.74, 6) is 1.42. The number of hydrogen-bond acceptors (Lipinski definition) is 4. The van der Waals surface area contributed by atoms with E-state index >= 15 is 0 Å². The Morgan fingerprint density at radius 2 is 2.17 bits per heavy atom. The van der Waals surface area contributed by atoms with Gasteiger partial charge in [0, 0.05) is 18.0 Å². The van der Waals surface area contributed by atoms with E-state index in [0.29, 0.717) is 11.9 Å². The zero-order chi connectivity index (χ0) is 12.2. The van der Waals surface area contributed by atoms with Crippen molar-refractivity contribution < 1.29 is 4.52 Å². The minimum absolute atomic E-state index is 0.616. The van der Waals surface area contributed by atoms with Gasteiger partial charge in [-0.2, -0.15) is 4.98 Å². The normalized spacial score (nSPS) is 19.2. The van der Waals surface area contributed by atoms with Gasteiger partial charge in [0.1, 0.15) is 0 Å². The fourth-order valence-corrected chi connectivity index (χ4v) is 2.36. The van der Waals surface area contributed by atoms with Crippen molar-refractivity contribution in [2.24, 2.45) is 0 Å². The summed E-state index contributed by atoms with van der Waals surface area (Å²) in [6, 6.07) is 10.5. The van der Waals surface area contributed by atoms with Gasteiger partial charge in [0.25, 0.3) is 5.89 Å². The molecule has 94 valence electrons. The number of nitrogens with one attached hydrogen (secondary N) is 1. The molecule has 1 aromatic carbocycles. The maximum atomic E-state index is 5.28. The largest absolute Gasteiger partial charge is 0.334 e. The van der Waals surface area contributed by atoms with E-state index in [0.717, 1.165) is 30.8 Å². The average Bonchev–Trinajstić information content (AvgIpc) is 3.09. The highest BCUT2D eigenvalue weighted by Gasteiger charge is 2.15. The third kappa shape index (κ3) is 2.59. The van der Waals surface area contributed by atoms with Gasteiger partial charge in [-0.05, 0) is 37.9 Å². The molecule has 0 aliphatic carbocycles. The first-order valence-electron chi connectivity index (χ1n) is 6.53. The summed E-state index contributed by atoms with van der Waals surface area (Å²) < 4.78 is 5.28. The Hall–Kier alpha value is -1.68. The predicted octanol–water partition coefficient (Wildman–Crippen LogP) is 2.42. The fraction of sp³-hybridized carbons (Fsp3) is 0.429. The Bertz CT molecular complexity index is 489. The van der Waals surface area contributed by atoms with Gasteiger partial charge in [0.2, 0.25) is 0 Å². The molecule has 0 spiro atoms. The molecule has 0 saturated carbocycles. The molecule has 1 fully saturated rings. The van der Waals surface area contributed by atoms with E-state index in [1.54, 1.807) is 0 Å². The van der Waals surface area contributed by atoms with Crippen LogP contribution in [0.4, 0.5) is 0 Å². The van der Waals surface area contributed by atoms with Crippen LogP contribution in [0.1, 0.15) is 25.1 Å². The van der Waals surface area contributed by atoms with Crippen LogP contribution in [0.25, 0.3) is 11.5 Å². The van der Waals surface area contributed by atoms with E-state index in [4.69, 9.17) is 4.52 Å². The summed E-state index contributed by atoms with van der Waals surface area (Å²) in [7, 11) is 0. The SMILES string of the molecule is c1ccc(-c2nc(CCC3CCCN3)no2)cc1. The molecule has 1 aliphatic heterocycles. The van der Waals surface area contributed by atoms with E-state index in [9.17, 15) is 0 Å². The van der Waals surface area contributed by atoms with E-state index < -0.39 is 0 Å². The van der Waals surface area contributed by atoms with E-state index in [-0.39, 0.29) is 0 Å².